The molecule has 1 heterocycles. The van der Waals surface area contributed by atoms with Gasteiger partial charge in [0.05, 0.1) is 5.52 Å². The van der Waals surface area contributed by atoms with Crippen molar-refractivity contribution in [3.63, 3.8) is 0 Å². The van der Waals surface area contributed by atoms with Crippen LogP contribution in [0.15, 0.2) is 42.5 Å². The molecule has 0 unspecified atom stereocenters. The Hall–Kier alpha value is -1.64. The number of hydrogen-bond donors (Lipinski definition) is 0. The molecule has 0 aliphatic heterocycles. The average Bonchev–Trinajstić information content (AvgIpc) is 2.39. The van der Waals surface area contributed by atoms with Crippen LogP contribution in [0.1, 0.15) is 5.56 Å². The van der Waals surface area contributed by atoms with E-state index in [1.807, 2.05) is 18.2 Å². The molecule has 0 N–H and O–H groups in total. The van der Waals surface area contributed by atoms with E-state index in [9.17, 15) is 0 Å². The van der Waals surface area contributed by atoms with E-state index in [0.717, 1.165) is 22.0 Å². The van der Waals surface area contributed by atoms with E-state index in [1.165, 1.54) is 5.56 Å². The maximum absolute atomic E-state index is 6.11. The Morgan fingerprint density at radius 1 is 0.842 bits per heavy atom. The molecule has 0 fully saturated rings. The molecular formula is C15H10Cl2N2. The second kappa shape index (κ2) is 4.80. The van der Waals surface area contributed by atoms with Crippen LogP contribution in [0.5, 0.6) is 0 Å². The van der Waals surface area contributed by atoms with Gasteiger partial charge in [0.15, 0.2) is 0 Å². The monoisotopic (exact) mass is 288 g/mol. The van der Waals surface area contributed by atoms with Crippen molar-refractivity contribution in [3.05, 3.63) is 58.5 Å². The summed E-state index contributed by atoms with van der Waals surface area (Å²) in [5.41, 5.74) is 4.21. The van der Waals surface area contributed by atoms with E-state index < -0.39 is 0 Å². The fraction of sp³-hybridized carbons (Fsp3) is 0.0667. The van der Waals surface area contributed by atoms with Gasteiger partial charge >= 0.3 is 0 Å². The van der Waals surface area contributed by atoms with Crippen LogP contribution in [0.4, 0.5) is 0 Å². The highest BCUT2D eigenvalue weighted by atomic mass is 35.5. The zero-order chi connectivity index (χ0) is 13.4. The first-order valence-corrected chi connectivity index (χ1v) is 6.59. The molecular weight excluding hydrogens is 279 g/mol. The van der Waals surface area contributed by atoms with Gasteiger partial charge in [-0.05, 0) is 41.8 Å². The molecule has 19 heavy (non-hydrogen) atoms. The van der Waals surface area contributed by atoms with Crippen molar-refractivity contribution in [1.82, 2.24) is 9.97 Å². The van der Waals surface area contributed by atoms with Gasteiger partial charge in [0.2, 0.25) is 5.28 Å². The quantitative estimate of drug-likeness (QED) is 0.470. The Morgan fingerprint density at radius 3 is 2.26 bits per heavy atom. The van der Waals surface area contributed by atoms with Crippen LogP contribution in [-0.4, -0.2) is 9.97 Å². The summed E-state index contributed by atoms with van der Waals surface area (Å²) in [5, 5.41) is 1.36. The lowest BCUT2D eigenvalue weighted by molar-refractivity contribution is 1.22. The average molecular weight is 289 g/mol. The topological polar surface area (TPSA) is 25.8 Å². The summed E-state index contributed by atoms with van der Waals surface area (Å²) in [4.78, 5) is 8.13. The summed E-state index contributed by atoms with van der Waals surface area (Å²) >= 11 is 11.9. The summed E-state index contributed by atoms with van der Waals surface area (Å²) < 4.78 is 0. The molecule has 0 atom stereocenters. The number of aryl methyl sites for hydroxylation is 1. The SMILES string of the molecule is Cc1ccc(-c2ccc3nc(Cl)nc(Cl)c3c2)cc1. The van der Waals surface area contributed by atoms with Gasteiger partial charge in [-0.15, -0.1) is 0 Å². The smallest absolute Gasteiger partial charge is 0.218 e. The van der Waals surface area contributed by atoms with Gasteiger partial charge in [0.1, 0.15) is 5.15 Å². The van der Waals surface area contributed by atoms with Crippen molar-refractivity contribution >= 4 is 34.1 Å². The second-order valence-corrected chi connectivity index (χ2v) is 5.08. The van der Waals surface area contributed by atoms with Crippen molar-refractivity contribution in [1.29, 1.82) is 0 Å². The lowest BCUT2D eigenvalue weighted by atomic mass is 10.0. The van der Waals surface area contributed by atoms with Crippen LogP contribution in [0, 0.1) is 6.92 Å². The molecule has 4 heteroatoms. The number of fused-ring (bicyclic) bond motifs is 1. The van der Waals surface area contributed by atoms with Crippen molar-refractivity contribution < 1.29 is 0 Å². The van der Waals surface area contributed by atoms with Gasteiger partial charge < -0.3 is 0 Å². The molecule has 0 saturated carbocycles. The number of aromatic nitrogens is 2. The lowest BCUT2D eigenvalue weighted by Crippen LogP contribution is -1.87. The molecule has 2 nitrogen and oxygen atoms in total. The third-order valence-electron chi connectivity index (χ3n) is 3.01. The van der Waals surface area contributed by atoms with Crippen molar-refractivity contribution in [2.24, 2.45) is 0 Å². The van der Waals surface area contributed by atoms with Gasteiger partial charge in [-0.1, -0.05) is 47.5 Å². The Balaban J connectivity index is 2.19. The van der Waals surface area contributed by atoms with Crippen molar-refractivity contribution in [2.45, 2.75) is 6.92 Å². The van der Waals surface area contributed by atoms with Crippen LogP contribution in [-0.2, 0) is 0 Å². The molecule has 94 valence electrons. The van der Waals surface area contributed by atoms with Gasteiger partial charge in [0.25, 0.3) is 0 Å². The van der Waals surface area contributed by atoms with Crippen LogP contribution in [0.2, 0.25) is 10.4 Å². The zero-order valence-corrected chi connectivity index (χ0v) is 11.7. The third kappa shape index (κ3) is 2.42. The Labute approximate surface area is 121 Å². The maximum Gasteiger partial charge on any atom is 0.224 e. The number of rotatable bonds is 1. The molecule has 0 spiro atoms. The third-order valence-corrected chi connectivity index (χ3v) is 3.46. The maximum atomic E-state index is 6.11. The minimum atomic E-state index is 0.167. The number of halogens is 2. The first-order valence-electron chi connectivity index (χ1n) is 5.83. The largest absolute Gasteiger partial charge is 0.224 e. The lowest BCUT2D eigenvalue weighted by Gasteiger charge is -2.05. The molecule has 3 aromatic rings. The summed E-state index contributed by atoms with van der Waals surface area (Å²) in [6.07, 6.45) is 0. The van der Waals surface area contributed by atoms with Crippen molar-refractivity contribution in [2.75, 3.05) is 0 Å². The van der Waals surface area contributed by atoms with Crippen LogP contribution >= 0.6 is 23.2 Å². The molecule has 1 aromatic heterocycles. The van der Waals surface area contributed by atoms with Crippen LogP contribution in [0.25, 0.3) is 22.0 Å². The second-order valence-electron chi connectivity index (χ2n) is 4.38. The van der Waals surface area contributed by atoms with Crippen LogP contribution in [0.3, 0.4) is 0 Å². The molecule has 0 saturated heterocycles. The van der Waals surface area contributed by atoms with Gasteiger partial charge in [-0.2, -0.15) is 0 Å². The predicted octanol–water partition coefficient (Wildman–Crippen LogP) is 4.91. The molecule has 0 bridgehead atoms. The standard InChI is InChI=1S/C15H10Cl2N2/c1-9-2-4-10(5-3-9)11-6-7-13-12(8-11)14(16)19-15(17)18-13/h2-8H,1H3. The highest BCUT2D eigenvalue weighted by Crippen LogP contribution is 2.28. The minimum absolute atomic E-state index is 0.167. The number of hydrogen-bond acceptors (Lipinski definition) is 2. The Morgan fingerprint density at radius 2 is 1.53 bits per heavy atom. The summed E-state index contributed by atoms with van der Waals surface area (Å²) in [7, 11) is 0. The fourth-order valence-electron chi connectivity index (χ4n) is 1.99. The molecule has 0 aliphatic carbocycles. The van der Waals surface area contributed by atoms with E-state index in [-0.39, 0.29) is 5.28 Å². The first kappa shape index (κ1) is 12.4. The van der Waals surface area contributed by atoms with Gasteiger partial charge in [-0.25, -0.2) is 9.97 Å². The summed E-state index contributed by atoms with van der Waals surface area (Å²) in [6, 6.07) is 14.2. The van der Waals surface area contributed by atoms with Crippen molar-refractivity contribution in [3.8, 4) is 11.1 Å². The molecule has 3 rings (SSSR count). The number of benzene rings is 2. The first-order chi connectivity index (χ1) is 9.13. The highest BCUT2D eigenvalue weighted by molar-refractivity contribution is 6.35. The molecule has 0 amide bonds. The normalized spacial score (nSPS) is 10.9. The minimum Gasteiger partial charge on any atom is -0.218 e. The fourth-order valence-corrected chi connectivity index (χ4v) is 2.44. The van der Waals surface area contributed by atoms with Gasteiger partial charge in [-0.3, -0.25) is 0 Å². The summed E-state index contributed by atoms with van der Waals surface area (Å²) in [6.45, 7) is 2.07. The summed E-state index contributed by atoms with van der Waals surface area (Å²) in [5.74, 6) is 0. The predicted molar refractivity (Wildman–Crippen MR) is 79.7 cm³/mol. The zero-order valence-electron chi connectivity index (χ0n) is 10.2. The highest BCUT2D eigenvalue weighted by Gasteiger charge is 2.06. The number of nitrogens with zero attached hydrogens (tertiary/aromatic N) is 2. The van der Waals surface area contributed by atoms with E-state index >= 15 is 0 Å². The van der Waals surface area contributed by atoms with E-state index in [0.29, 0.717) is 5.15 Å². The van der Waals surface area contributed by atoms with Gasteiger partial charge in [0, 0.05) is 5.39 Å². The Kier molecular flexibility index (Phi) is 3.13. The van der Waals surface area contributed by atoms with E-state index in [1.54, 1.807) is 0 Å². The molecule has 2 aromatic carbocycles. The van der Waals surface area contributed by atoms with E-state index in [4.69, 9.17) is 23.2 Å². The van der Waals surface area contributed by atoms with E-state index in [2.05, 4.69) is 41.2 Å². The van der Waals surface area contributed by atoms with Crippen LogP contribution < -0.4 is 0 Å². The molecule has 0 aliphatic rings. The molecule has 0 radical (unpaired) electrons. The Bertz CT molecular complexity index is 752.